The van der Waals surface area contributed by atoms with Crippen molar-refractivity contribution in [1.29, 1.82) is 0 Å². The Bertz CT molecular complexity index is 361. The van der Waals surface area contributed by atoms with Crippen molar-refractivity contribution in [1.82, 2.24) is 4.98 Å². The lowest BCUT2D eigenvalue weighted by Gasteiger charge is -2.10. The number of hydrogen-bond acceptors (Lipinski definition) is 2. The molecule has 3 N–H and O–H groups in total. The Morgan fingerprint density at radius 1 is 1.25 bits per heavy atom. The summed E-state index contributed by atoms with van der Waals surface area (Å²) >= 11 is 0. The number of nitrogens with one attached hydrogen (secondary N) is 3. The fourth-order valence-corrected chi connectivity index (χ4v) is 1.53. The first-order valence-corrected chi connectivity index (χ1v) is 5.89. The highest BCUT2D eigenvalue weighted by molar-refractivity contribution is 5.67. The Hall–Kier alpha value is -1.64. The Kier molecular flexibility index (Phi) is 5.26. The molecule has 0 saturated heterocycles. The largest absolute Gasteiger partial charge is 0.385 e. The summed E-state index contributed by atoms with van der Waals surface area (Å²) in [7, 11) is 1.92. The quantitative estimate of drug-likeness (QED) is 0.725. The molecule has 0 aromatic carbocycles. The predicted molar refractivity (Wildman–Crippen MR) is 71.8 cm³/mol. The van der Waals surface area contributed by atoms with Crippen molar-refractivity contribution in [2.24, 2.45) is 0 Å². The highest BCUT2D eigenvalue weighted by Crippen LogP contribution is 2.21. The monoisotopic (exact) mass is 219 g/mol. The van der Waals surface area contributed by atoms with E-state index >= 15 is 0 Å². The molecule has 2 rings (SSSR count). The topological polar surface area (TPSA) is 39.9 Å². The SMILES string of the molecule is CC.CNc1cc[nH]c1NC1=CCCC=C1. The smallest absolute Gasteiger partial charge is 0.131 e. The van der Waals surface area contributed by atoms with Crippen LogP contribution in [-0.2, 0) is 0 Å². The van der Waals surface area contributed by atoms with Gasteiger partial charge in [0.25, 0.3) is 0 Å². The first-order chi connectivity index (χ1) is 7.90. The standard InChI is InChI=1S/C11H15N3.C2H6/c1-12-10-7-8-13-11(10)14-9-5-3-2-4-6-9;1-2/h3,5-8,12-14H,2,4H2,1H3;1-2H3. The molecule has 88 valence electrons. The van der Waals surface area contributed by atoms with E-state index in [2.05, 4.69) is 33.8 Å². The Balaban J connectivity index is 0.000000606. The van der Waals surface area contributed by atoms with E-state index in [-0.39, 0.29) is 0 Å². The van der Waals surface area contributed by atoms with Crippen molar-refractivity contribution in [3.63, 3.8) is 0 Å². The zero-order valence-corrected chi connectivity index (χ0v) is 10.3. The average Bonchev–Trinajstić information content (AvgIpc) is 2.80. The van der Waals surface area contributed by atoms with Crippen LogP contribution in [0.3, 0.4) is 0 Å². The van der Waals surface area contributed by atoms with Crippen LogP contribution in [0.25, 0.3) is 0 Å². The summed E-state index contributed by atoms with van der Waals surface area (Å²) in [6.45, 7) is 4.00. The number of H-pyrrole nitrogens is 1. The molecule has 3 nitrogen and oxygen atoms in total. The predicted octanol–water partition coefficient (Wildman–Crippen LogP) is 3.73. The Morgan fingerprint density at radius 2 is 2.06 bits per heavy atom. The summed E-state index contributed by atoms with van der Waals surface area (Å²) in [5.41, 5.74) is 2.25. The molecule has 16 heavy (non-hydrogen) atoms. The molecule has 0 atom stereocenters. The first kappa shape index (κ1) is 12.4. The van der Waals surface area contributed by atoms with Crippen molar-refractivity contribution >= 4 is 11.5 Å². The lowest BCUT2D eigenvalue weighted by Crippen LogP contribution is -2.01. The molecular weight excluding hydrogens is 198 g/mol. The van der Waals surface area contributed by atoms with Gasteiger partial charge in [-0.2, -0.15) is 0 Å². The summed E-state index contributed by atoms with van der Waals surface area (Å²) < 4.78 is 0. The van der Waals surface area contributed by atoms with E-state index in [0.717, 1.165) is 30.0 Å². The maximum Gasteiger partial charge on any atom is 0.131 e. The van der Waals surface area contributed by atoms with Crippen molar-refractivity contribution in [3.05, 3.63) is 36.2 Å². The van der Waals surface area contributed by atoms with Gasteiger partial charge in [-0.3, -0.25) is 0 Å². The van der Waals surface area contributed by atoms with Gasteiger partial charge in [-0.1, -0.05) is 26.0 Å². The summed E-state index contributed by atoms with van der Waals surface area (Å²) in [6.07, 6.45) is 10.7. The number of anilines is 2. The highest BCUT2D eigenvalue weighted by Gasteiger charge is 2.03. The van der Waals surface area contributed by atoms with Crippen molar-refractivity contribution < 1.29 is 0 Å². The Labute approximate surface area is 97.6 Å². The number of hydrogen-bond donors (Lipinski definition) is 3. The van der Waals surface area contributed by atoms with Crippen LogP contribution < -0.4 is 10.6 Å². The van der Waals surface area contributed by atoms with E-state index in [0.29, 0.717) is 0 Å². The number of aromatic amines is 1. The minimum atomic E-state index is 1.02. The van der Waals surface area contributed by atoms with E-state index in [1.165, 1.54) is 0 Å². The molecule has 0 spiro atoms. The van der Waals surface area contributed by atoms with E-state index < -0.39 is 0 Å². The molecule has 1 aromatic heterocycles. The van der Waals surface area contributed by atoms with E-state index in [1.807, 2.05) is 33.2 Å². The van der Waals surface area contributed by atoms with Gasteiger partial charge in [-0.05, 0) is 25.0 Å². The fraction of sp³-hybridized carbons (Fsp3) is 0.385. The molecule has 0 radical (unpaired) electrons. The van der Waals surface area contributed by atoms with Crippen molar-refractivity contribution in [2.45, 2.75) is 26.7 Å². The maximum absolute atomic E-state index is 3.34. The van der Waals surface area contributed by atoms with Crippen LogP contribution in [0.4, 0.5) is 11.5 Å². The Morgan fingerprint density at radius 3 is 2.69 bits per heavy atom. The van der Waals surface area contributed by atoms with Gasteiger partial charge < -0.3 is 15.6 Å². The number of allylic oxidation sites excluding steroid dienone is 3. The third-order valence-corrected chi connectivity index (χ3v) is 2.28. The zero-order chi connectivity index (χ0) is 11.8. The zero-order valence-electron chi connectivity index (χ0n) is 10.3. The third kappa shape index (κ3) is 3.19. The van der Waals surface area contributed by atoms with Crippen LogP contribution in [0.5, 0.6) is 0 Å². The molecule has 0 saturated carbocycles. The molecule has 1 aliphatic rings. The molecule has 3 heteroatoms. The summed E-state index contributed by atoms with van der Waals surface area (Å²) in [6, 6.07) is 2.01. The average molecular weight is 219 g/mol. The summed E-state index contributed by atoms with van der Waals surface area (Å²) in [4.78, 5) is 3.16. The van der Waals surface area contributed by atoms with Crippen LogP contribution in [0.15, 0.2) is 36.2 Å². The third-order valence-electron chi connectivity index (χ3n) is 2.28. The van der Waals surface area contributed by atoms with Crippen LogP contribution in [0, 0.1) is 0 Å². The van der Waals surface area contributed by atoms with Crippen molar-refractivity contribution in [2.75, 3.05) is 17.7 Å². The fourth-order valence-electron chi connectivity index (χ4n) is 1.53. The van der Waals surface area contributed by atoms with Gasteiger partial charge in [0.1, 0.15) is 5.82 Å². The molecule has 1 heterocycles. The van der Waals surface area contributed by atoms with Gasteiger partial charge in [0.05, 0.1) is 5.69 Å². The molecule has 1 aliphatic carbocycles. The van der Waals surface area contributed by atoms with Crippen LogP contribution >= 0.6 is 0 Å². The summed E-state index contributed by atoms with van der Waals surface area (Å²) in [5.74, 6) is 1.02. The highest BCUT2D eigenvalue weighted by atomic mass is 15.0. The van der Waals surface area contributed by atoms with Gasteiger partial charge in [-0.25, -0.2) is 0 Å². The van der Waals surface area contributed by atoms with E-state index in [9.17, 15) is 0 Å². The van der Waals surface area contributed by atoms with Crippen LogP contribution in [-0.4, -0.2) is 12.0 Å². The molecule has 0 unspecified atom stereocenters. The lowest BCUT2D eigenvalue weighted by atomic mass is 10.1. The van der Waals surface area contributed by atoms with Gasteiger partial charge in [-0.15, -0.1) is 0 Å². The maximum atomic E-state index is 3.34. The number of aromatic nitrogens is 1. The molecule has 0 aliphatic heterocycles. The molecule has 0 bridgehead atoms. The van der Waals surface area contributed by atoms with E-state index in [4.69, 9.17) is 0 Å². The molecule has 1 aromatic rings. The minimum Gasteiger partial charge on any atom is -0.385 e. The second kappa shape index (κ2) is 6.77. The van der Waals surface area contributed by atoms with Crippen molar-refractivity contribution in [3.8, 4) is 0 Å². The lowest BCUT2D eigenvalue weighted by molar-refractivity contribution is 1.02. The second-order valence-corrected chi connectivity index (χ2v) is 3.28. The molecule has 0 fully saturated rings. The van der Waals surface area contributed by atoms with Crippen LogP contribution in [0.2, 0.25) is 0 Å². The minimum absolute atomic E-state index is 1.02. The van der Waals surface area contributed by atoms with Gasteiger partial charge >= 0.3 is 0 Å². The number of rotatable bonds is 3. The van der Waals surface area contributed by atoms with Gasteiger partial charge in [0.15, 0.2) is 0 Å². The summed E-state index contributed by atoms with van der Waals surface area (Å²) in [5, 5.41) is 6.46. The van der Waals surface area contributed by atoms with E-state index in [1.54, 1.807) is 0 Å². The molecule has 0 amide bonds. The second-order valence-electron chi connectivity index (χ2n) is 3.28. The van der Waals surface area contributed by atoms with Crippen LogP contribution in [0.1, 0.15) is 26.7 Å². The molecular formula is C13H21N3. The normalized spacial score (nSPS) is 13.6. The first-order valence-electron chi connectivity index (χ1n) is 5.89. The van der Waals surface area contributed by atoms with Gasteiger partial charge in [0.2, 0.25) is 0 Å². The van der Waals surface area contributed by atoms with Gasteiger partial charge in [0, 0.05) is 18.9 Å².